The molecule has 2 aromatic heterocycles. The molecule has 5 aromatic rings. The number of halogens is 1. The monoisotopic (exact) mass is 471 g/mol. The van der Waals surface area contributed by atoms with Crippen molar-refractivity contribution in [3.8, 4) is 34.0 Å². The van der Waals surface area contributed by atoms with Gasteiger partial charge in [0.2, 0.25) is 5.89 Å². The number of aryl methyl sites for hydroxylation is 2. The van der Waals surface area contributed by atoms with Gasteiger partial charge in [-0.15, -0.1) is 10.2 Å². The first-order valence-corrected chi connectivity index (χ1v) is 11.4. The lowest BCUT2D eigenvalue weighted by Crippen LogP contribution is -2.18. The van der Waals surface area contributed by atoms with E-state index in [0.717, 1.165) is 28.8 Å². The van der Waals surface area contributed by atoms with Crippen molar-refractivity contribution >= 4 is 11.1 Å². The molecule has 0 radical (unpaired) electrons. The van der Waals surface area contributed by atoms with Crippen LogP contribution in [0.15, 0.2) is 65.3 Å². The highest BCUT2D eigenvalue weighted by Gasteiger charge is 2.25. The molecule has 3 aromatic carbocycles. The second-order valence-electron chi connectivity index (χ2n) is 8.43. The maximum absolute atomic E-state index is 15.5. The highest BCUT2D eigenvalue weighted by atomic mass is 19.1. The van der Waals surface area contributed by atoms with Crippen LogP contribution in [-0.2, 0) is 18.3 Å². The molecule has 0 aliphatic rings. The van der Waals surface area contributed by atoms with Crippen LogP contribution in [0.4, 0.5) is 4.39 Å². The second kappa shape index (κ2) is 9.77. The summed E-state index contributed by atoms with van der Waals surface area (Å²) < 4.78 is 28.6. The molecule has 0 spiro atoms. The maximum Gasteiger partial charge on any atom is 0.231 e. The third kappa shape index (κ3) is 4.45. The molecule has 8 heteroatoms. The molecule has 0 atom stereocenters. The standard InChI is InChI=1S/C27H26FN5O2/c1-17-13-18(15-29-11-12-34-3)14-22-25(17)35-27(31-22)24-21(28)10-9-20(19-7-5-4-6-8-19)23(24)26-32-30-16-33(26)2/h4-10,13-14,16,29H,11-12,15H2,1-3H3. The van der Waals surface area contributed by atoms with E-state index in [9.17, 15) is 0 Å². The van der Waals surface area contributed by atoms with Gasteiger partial charge in [-0.05, 0) is 41.3 Å². The number of hydrogen-bond acceptors (Lipinski definition) is 6. The molecule has 5 rings (SSSR count). The van der Waals surface area contributed by atoms with E-state index in [2.05, 4.69) is 21.6 Å². The van der Waals surface area contributed by atoms with Crippen molar-refractivity contribution in [2.45, 2.75) is 13.5 Å². The number of rotatable bonds is 8. The van der Waals surface area contributed by atoms with Crippen LogP contribution in [0.3, 0.4) is 0 Å². The van der Waals surface area contributed by atoms with Crippen LogP contribution in [0.5, 0.6) is 0 Å². The zero-order valence-corrected chi connectivity index (χ0v) is 19.9. The third-order valence-electron chi connectivity index (χ3n) is 5.94. The van der Waals surface area contributed by atoms with Crippen molar-refractivity contribution in [1.82, 2.24) is 25.1 Å². The molecule has 0 saturated heterocycles. The van der Waals surface area contributed by atoms with Gasteiger partial charge in [0.05, 0.1) is 12.2 Å². The van der Waals surface area contributed by atoms with Gasteiger partial charge in [-0.2, -0.15) is 0 Å². The van der Waals surface area contributed by atoms with Crippen LogP contribution in [0.2, 0.25) is 0 Å². The fourth-order valence-electron chi connectivity index (χ4n) is 4.28. The lowest BCUT2D eigenvalue weighted by molar-refractivity contribution is 0.199. The number of ether oxygens (including phenoxy) is 1. The molecule has 35 heavy (non-hydrogen) atoms. The molecular weight excluding hydrogens is 445 g/mol. The van der Waals surface area contributed by atoms with Gasteiger partial charge in [0, 0.05) is 32.8 Å². The summed E-state index contributed by atoms with van der Waals surface area (Å²) in [6.45, 7) is 4.02. The Hall–Kier alpha value is -3.88. The normalized spacial score (nSPS) is 11.4. The van der Waals surface area contributed by atoms with Gasteiger partial charge in [0.15, 0.2) is 11.4 Å². The van der Waals surface area contributed by atoms with Crippen molar-refractivity contribution in [1.29, 1.82) is 0 Å². The van der Waals surface area contributed by atoms with Crippen molar-refractivity contribution < 1.29 is 13.5 Å². The number of benzene rings is 3. The minimum Gasteiger partial charge on any atom is -0.436 e. The molecule has 1 N–H and O–H groups in total. The average molecular weight is 472 g/mol. The Morgan fingerprint density at radius 2 is 1.91 bits per heavy atom. The number of methoxy groups -OCH3 is 1. The predicted molar refractivity (Wildman–Crippen MR) is 133 cm³/mol. The van der Waals surface area contributed by atoms with Gasteiger partial charge >= 0.3 is 0 Å². The second-order valence-corrected chi connectivity index (χ2v) is 8.43. The fraction of sp³-hybridized carbons (Fsp3) is 0.222. The molecule has 178 valence electrons. The summed E-state index contributed by atoms with van der Waals surface area (Å²) in [4.78, 5) is 4.73. The maximum atomic E-state index is 15.5. The van der Waals surface area contributed by atoms with Gasteiger partial charge in [0.25, 0.3) is 0 Å². The van der Waals surface area contributed by atoms with Crippen LogP contribution in [0.25, 0.3) is 45.1 Å². The Morgan fingerprint density at radius 3 is 2.66 bits per heavy atom. The number of fused-ring (bicyclic) bond motifs is 1. The summed E-state index contributed by atoms with van der Waals surface area (Å²) in [6, 6.07) is 17.0. The zero-order chi connectivity index (χ0) is 24.4. The van der Waals surface area contributed by atoms with E-state index in [1.165, 1.54) is 6.07 Å². The van der Waals surface area contributed by atoms with E-state index < -0.39 is 5.82 Å². The Morgan fingerprint density at radius 1 is 1.09 bits per heavy atom. The Labute approximate surface area is 202 Å². The summed E-state index contributed by atoms with van der Waals surface area (Å²) in [7, 11) is 3.51. The third-order valence-corrected chi connectivity index (χ3v) is 5.94. The van der Waals surface area contributed by atoms with Crippen molar-refractivity contribution in [3.05, 3.63) is 77.9 Å². The molecule has 0 unspecified atom stereocenters. The number of nitrogens with one attached hydrogen (secondary N) is 1. The molecule has 0 aliphatic carbocycles. The highest BCUT2D eigenvalue weighted by molar-refractivity contribution is 5.92. The Kier molecular flexibility index (Phi) is 6.39. The summed E-state index contributed by atoms with van der Waals surface area (Å²) in [5, 5.41) is 11.7. The van der Waals surface area contributed by atoms with Gasteiger partial charge in [-0.1, -0.05) is 42.5 Å². The summed E-state index contributed by atoms with van der Waals surface area (Å²) in [5.41, 5.74) is 5.91. The average Bonchev–Trinajstić information content (AvgIpc) is 3.48. The first-order chi connectivity index (χ1) is 17.1. The van der Waals surface area contributed by atoms with Gasteiger partial charge in [-0.25, -0.2) is 9.37 Å². The molecule has 0 bridgehead atoms. The van der Waals surface area contributed by atoms with Crippen molar-refractivity contribution in [2.75, 3.05) is 20.3 Å². The van der Waals surface area contributed by atoms with Crippen LogP contribution in [-0.4, -0.2) is 40.0 Å². The molecular formula is C27H26FN5O2. The molecule has 0 aliphatic heterocycles. The predicted octanol–water partition coefficient (Wildman–Crippen LogP) is 5.14. The van der Waals surface area contributed by atoms with E-state index in [1.807, 2.05) is 50.4 Å². The number of oxazole rings is 1. The lowest BCUT2D eigenvalue weighted by atomic mass is 9.94. The van der Waals surface area contributed by atoms with Crippen LogP contribution in [0.1, 0.15) is 11.1 Å². The van der Waals surface area contributed by atoms with Crippen molar-refractivity contribution in [2.24, 2.45) is 7.05 Å². The molecule has 0 fully saturated rings. The Balaban J connectivity index is 1.67. The zero-order valence-electron chi connectivity index (χ0n) is 19.9. The van der Waals surface area contributed by atoms with Crippen LogP contribution < -0.4 is 5.32 Å². The first-order valence-electron chi connectivity index (χ1n) is 11.4. The number of aromatic nitrogens is 4. The van der Waals surface area contributed by atoms with E-state index in [1.54, 1.807) is 24.1 Å². The Bertz CT molecular complexity index is 1480. The van der Waals surface area contributed by atoms with Gasteiger partial charge < -0.3 is 19.0 Å². The number of hydrogen-bond donors (Lipinski definition) is 1. The molecule has 2 heterocycles. The fourth-order valence-corrected chi connectivity index (χ4v) is 4.28. The van der Waals surface area contributed by atoms with Crippen molar-refractivity contribution in [3.63, 3.8) is 0 Å². The summed E-state index contributed by atoms with van der Waals surface area (Å²) in [6.07, 6.45) is 1.60. The van der Waals surface area contributed by atoms with E-state index in [4.69, 9.17) is 14.1 Å². The quantitative estimate of drug-likeness (QED) is 0.316. The summed E-state index contributed by atoms with van der Waals surface area (Å²) in [5.74, 6) is 0.301. The first kappa shape index (κ1) is 22.9. The molecule has 0 amide bonds. The highest BCUT2D eigenvalue weighted by Crippen LogP contribution is 2.41. The topological polar surface area (TPSA) is 78.0 Å². The van der Waals surface area contributed by atoms with Crippen LogP contribution >= 0.6 is 0 Å². The van der Waals surface area contributed by atoms with Gasteiger partial charge in [0.1, 0.15) is 17.7 Å². The SMILES string of the molecule is COCCNCc1cc(C)c2oc(-c3c(F)ccc(-c4ccccc4)c3-c3nncn3C)nc2c1. The number of nitrogens with zero attached hydrogens (tertiary/aromatic N) is 4. The van der Waals surface area contributed by atoms with Crippen LogP contribution in [0, 0.1) is 12.7 Å². The van der Waals surface area contributed by atoms with Gasteiger partial charge in [-0.3, -0.25) is 0 Å². The lowest BCUT2D eigenvalue weighted by Gasteiger charge is -2.14. The largest absolute Gasteiger partial charge is 0.436 e. The smallest absolute Gasteiger partial charge is 0.231 e. The van der Waals surface area contributed by atoms with E-state index in [0.29, 0.717) is 35.6 Å². The molecule has 7 nitrogen and oxygen atoms in total. The van der Waals surface area contributed by atoms with E-state index >= 15 is 4.39 Å². The van der Waals surface area contributed by atoms with E-state index in [-0.39, 0.29) is 11.5 Å². The minimum absolute atomic E-state index is 0.209. The molecule has 0 saturated carbocycles. The minimum atomic E-state index is -0.437. The summed E-state index contributed by atoms with van der Waals surface area (Å²) >= 11 is 0.